The molecule has 3 aromatic rings. The molecule has 0 atom stereocenters. The summed E-state index contributed by atoms with van der Waals surface area (Å²) in [6, 6.07) is 8.08. The molecular weight excluding hydrogens is 421 g/mol. The maximum absolute atomic E-state index is 13.4. The van der Waals surface area contributed by atoms with Gasteiger partial charge in [0.15, 0.2) is 0 Å². The van der Waals surface area contributed by atoms with Crippen molar-refractivity contribution < 1.29 is 13.6 Å². The fraction of sp³-hybridized carbons (Fsp3) is 0.300. The number of alkyl halides is 2. The van der Waals surface area contributed by atoms with E-state index < -0.39 is 12.0 Å². The molecule has 0 unspecified atom stereocenters. The second-order valence-electron chi connectivity index (χ2n) is 7.21. The first-order valence-electron chi connectivity index (χ1n) is 9.19. The molecule has 9 heteroatoms. The highest BCUT2D eigenvalue weighted by atomic mass is 35.5. The van der Waals surface area contributed by atoms with Gasteiger partial charge in [0.05, 0.1) is 5.69 Å². The number of fused-ring (bicyclic) bond motifs is 1. The lowest BCUT2D eigenvalue weighted by Gasteiger charge is -2.28. The number of carbonyl (C=O) groups excluding carboxylic acids is 1. The van der Waals surface area contributed by atoms with E-state index in [0.29, 0.717) is 34.9 Å². The molecule has 152 valence electrons. The van der Waals surface area contributed by atoms with Crippen molar-refractivity contribution in [2.45, 2.75) is 37.5 Å². The van der Waals surface area contributed by atoms with Crippen LogP contribution in [0.1, 0.15) is 37.3 Å². The fourth-order valence-corrected chi connectivity index (χ4v) is 4.00. The largest absolute Gasteiger partial charge is 0.359 e. The molecule has 1 saturated carbocycles. The lowest BCUT2D eigenvalue weighted by Crippen LogP contribution is -2.24. The van der Waals surface area contributed by atoms with Gasteiger partial charge in [-0.05, 0) is 43.2 Å². The number of pyridine rings is 1. The average molecular weight is 439 g/mol. The van der Waals surface area contributed by atoms with Gasteiger partial charge in [-0.2, -0.15) is 0 Å². The van der Waals surface area contributed by atoms with Crippen LogP contribution in [-0.4, -0.2) is 21.9 Å². The lowest BCUT2D eigenvalue weighted by atomic mass is 9.84. The molecule has 29 heavy (non-hydrogen) atoms. The van der Waals surface area contributed by atoms with Crippen LogP contribution in [-0.2, 0) is 0 Å². The monoisotopic (exact) mass is 438 g/mol. The third-order valence-electron chi connectivity index (χ3n) is 5.10. The summed E-state index contributed by atoms with van der Waals surface area (Å²) in [6.07, 6.45) is 2.01. The topological polar surface area (TPSA) is 69.8 Å². The molecular formula is C20H18Cl2F2N4O. The first-order valence-corrected chi connectivity index (χ1v) is 9.95. The number of hydrogen-bond acceptors (Lipinski definition) is 2. The Kier molecular flexibility index (Phi) is 5.36. The zero-order valence-electron chi connectivity index (χ0n) is 15.2. The Bertz CT molecular complexity index is 1060. The number of benzene rings is 1. The van der Waals surface area contributed by atoms with E-state index in [2.05, 4.69) is 20.6 Å². The van der Waals surface area contributed by atoms with Crippen molar-refractivity contribution in [3.8, 4) is 0 Å². The molecule has 2 heterocycles. The van der Waals surface area contributed by atoms with Crippen LogP contribution in [0.15, 0.2) is 36.5 Å². The smallest absolute Gasteiger partial charge is 0.323 e. The van der Waals surface area contributed by atoms with Gasteiger partial charge < -0.3 is 15.6 Å². The highest BCUT2D eigenvalue weighted by molar-refractivity contribution is 6.31. The van der Waals surface area contributed by atoms with E-state index in [9.17, 15) is 13.6 Å². The number of urea groups is 1. The molecule has 2 aromatic heterocycles. The van der Waals surface area contributed by atoms with Crippen LogP contribution in [0.25, 0.3) is 10.9 Å². The molecule has 2 amide bonds. The Morgan fingerprint density at radius 2 is 1.90 bits per heavy atom. The summed E-state index contributed by atoms with van der Waals surface area (Å²) in [5.74, 6) is -2.72. The van der Waals surface area contributed by atoms with E-state index in [1.807, 2.05) is 6.07 Å². The highest BCUT2D eigenvalue weighted by Gasteiger charge is 2.36. The predicted molar refractivity (Wildman–Crippen MR) is 111 cm³/mol. The minimum atomic E-state index is -2.61. The van der Waals surface area contributed by atoms with E-state index in [1.54, 1.807) is 24.4 Å². The third-order valence-corrected chi connectivity index (χ3v) is 5.53. The van der Waals surface area contributed by atoms with Crippen LogP contribution in [0.2, 0.25) is 10.2 Å². The quantitative estimate of drug-likeness (QED) is 0.393. The molecule has 5 nitrogen and oxygen atoms in total. The summed E-state index contributed by atoms with van der Waals surface area (Å²) >= 11 is 12.1. The van der Waals surface area contributed by atoms with Crippen molar-refractivity contribution in [2.75, 3.05) is 10.6 Å². The van der Waals surface area contributed by atoms with Gasteiger partial charge in [0, 0.05) is 52.3 Å². The van der Waals surface area contributed by atoms with Gasteiger partial charge in [-0.25, -0.2) is 18.6 Å². The summed E-state index contributed by atoms with van der Waals surface area (Å²) in [5, 5.41) is 7.04. The number of anilines is 2. The summed E-state index contributed by atoms with van der Waals surface area (Å²) in [7, 11) is 0. The molecule has 1 fully saturated rings. The molecule has 0 aliphatic heterocycles. The Balaban J connectivity index is 1.48. The molecule has 0 radical (unpaired) electrons. The van der Waals surface area contributed by atoms with Gasteiger partial charge in [-0.15, -0.1) is 0 Å². The van der Waals surface area contributed by atoms with Crippen LogP contribution in [0.4, 0.5) is 25.0 Å². The number of halogens is 4. The maximum Gasteiger partial charge on any atom is 0.323 e. The lowest BCUT2D eigenvalue weighted by molar-refractivity contribution is -0.0384. The molecule has 1 aromatic carbocycles. The van der Waals surface area contributed by atoms with E-state index in [-0.39, 0.29) is 23.9 Å². The van der Waals surface area contributed by atoms with Gasteiger partial charge >= 0.3 is 6.03 Å². The second-order valence-corrected chi connectivity index (χ2v) is 8.03. The maximum atomic E-state index is 13.4. The van der Waals surface area contributed by atoms with Crippen LogP contribution in [0, 0.1) is 0 Å². The third kappa shape index (κ3) is 4.62. The SMILES string of the molecule is O=C(Nc1cc(Cl)nc(C2CCC(F)(F)CC2)c1)Nc1c[nH]c2ccc(Cl)cc12. The summed E-state index contributed by atoms with van der Waals surface area (Å²) in [5.41, 5.74) is 2.48. The minimum Gasteiger partial charge on any atom is -0.359 e. The molecule has 4 rings (SSSR count). The minimum absolute atomic E-state index is 0.104. The van der Waals surface area contributed by atoms with E-state index in [0.717, 1.165) is 10.9 Å². The Hall–Kier alpha value is -2.38. The van der Waals surface area contributed by atoms with E-state index >= 15 is 0 Å². The van der Waals surface area contributed by atoms with Gasteiger partial charge in [0.1, 0.15) is 5.15 Å². The van der Waals surface area contributed by atoms with Crippen LogP contribution < -0.4 is 10.6 Å². The number of hydrogen-bond donors (Lipinski definition) is 3. The number of aromatic amines is 1. The number of nitrogens with zero attached hydrogens (tertiary/aromatic N) is 1. The van der Waals surface area contributed by atoms with Crippen LogP contribution in [0.5, 0.6) is 0 Å². The molecule has 1 aliphatic rings. The first-order chi connectivity index (χ1) is 13.8. The number of amides is 2. The normalized spacial score (nSPS) is 16.7. The highest BCUT2D eigenvalue weighted by Crippen LogP contribution is 2.41. The van der Waals surface area contributed by atoms with Crippen molar-refractivity contribution in [1.29, 1.82) is 0 Å². The van der Waals surface area contributed by atoms with Crippen molar-refractivity contribution in [3.05, 3.63) is 52.4 Å². The Labute approximate surface area is 175 Å². The van der Waals surface area contributed by atoms with Crippen LogP contribution >= 0.6 is 23.2 Å². The second kappa shape index (κ2) is 7.80. The zero-order chi connectivity index (χ0) is 20.6. The number of carbonyl (C=O) groups is 1. The summed E-state index contributed by atoms with van der Waals surface area (Å²) in [6.45, 7) is 0. The predicted octanol–water partition coefficient (Wildman–Crippen LogP) is 6.81. The van der Waals surface area contributed by atoms with Gasteiger partial charge in [0.2, 0.25) is 5.92 Å². The fourth-order valence-electron chi connectivity index (χ4n) is 3.62. The number of nitrogens with one attached hydrogen (secondary N) is 3. The Morgan fingerprint density at radius 3 is 2.66 bits per heavy atom. The van der Waals surface area contributed by atoms with Gasteiger partial charge in [0.25, 0.3) is 0 Å². The molecule has 1 aliphatic carbocycles. The number of aromatic nitrogens is 2. The average Bonchev–Trinajstić information content (AvgIpc) is 3.03. The standard InChI is InChI=1S/C20H18Cl2F2N4O/c21-12-1-2-15-14(7-12)17(10-25-15)28-19(29)26-13-8-16(27-18(22)9-13)11-3-5-20(23,24)6-4-11/h1-2,7-11,25H,3-6H2,(H2,26,27,28,29). The molecule has 0 spiro atoms. The van der Waals surface area contributed by atoms with Crippen molar-refractivity contribution in [1.82, 2.24) is 9.97 Å². The zero-order valence-corrected chi connectivity index (χ0v) is 16.7. The first kappa shape index (κ1) is 19.9. The van der Waals surface area contributed by atoms with Crippen LogP contribution in [0.3, 0.4) is 0 Å². The van der Waals surface area contributed by atoms with Crippen molar-refractivity contribution in [3.63, 3.8) is 0 Å². The number of rotatable bonds is 3. The molecule has 3 N–H and O–H groups in total. The summed E-state index contributed by atoms with van der Waals surface area (Å²) < 4.78 is 26.8. The summed E-state index contributed by atoms with van der Waals surface area (Å²) in [4.78, 5) is 19.8. The Morgan fingerprint density at radius 1 is 1.14 bits per heavy atom. The van der Waals surface area contributed by atoms with E-state index in [1.165, 1.54) is 6.07 Å². The molecule has 0 bridgehead atoms. The van der Waals surface area contributed by atoms with E-state index in [4.69, 9.17) is 23.2 Å². The number of H-pyrrole nitrogens is 1. The van der Waals surface area contributed by atoms with Crippen molar-refractivity contribution >= 4 is 51.5 Å². The van der Waals surface area contributed by atoms with Gasteiger partial charge in [-0.3, -0.25) is 0 Å². The van der Waals surface area contributed by atoms with Gasteiger partial charge in [-0.1, -0.05) is 23.2 Å². The van der Waals surface area contributed by atoms with Crippen molar-refractivity contribution in [2.24, 2.45) is 0 Å². The molecule has 0 saturated heterocycles.